The number of carbonyl (C=O) groups is 1. The van der Waals surface area contributed by atoms with Gasteiger partial charge in [0.25, 0.3) is 0 Å². The topological polar surface area (TPSA) is 36.4 Å². The first-order valence-electron chi connectivity index (χ1n) is 8.67. The van der Waals surface area contributed by atoms with Crippen molar-refractivity contribution < 1.29 is 18.0 Å². The van der Waals surface area contributed by atoms with E-state index in [1.165, 1.54) is 6.07 Å². The number of nitrogens with zero attached hydrogens (tertiary/aromatic N) is 3. The lowest BCUT2D eigenvalue weighted by atomic mass is 9.92. The second-order valence-electron chi connectivity index (χ2n) is 7.10. The first-order valence-corrected chi connectivity index (χ1v) is 8.67. The number of allylic oxidation sites excluding steroid dienone is 2. The minimum atomic E-state index is -4.37. The van der Waals surface area contributed by atoms with E-state index in [1.807, 2.05) is 9.80 Å². The highest BCUT2D eigenvalue weighted by atomic mass is 19.4. The van der Waals surface area contributed by atoms with Crippen LogP contribution in [-0.2, 0) is 11.0 Å². The molecule has 2 aliphatic carbocycles. The van der Waals surface area contributed by atoms with Crippen molar-refractivity contribution in [1.82, 2.24) is 9.88 Å². The number of aromatic nitrogens is 1. The lowest BCUT2D eigenvalue weighted by Gasteiger charge is -2.37. The summed E-state index contributed by atoms with van der Waals surface area (Å²) in [5.74, 6) is 1.84. The van der Waals surface area contributed by atoms with Crippen LogP contribution in [0.15, 0.2) is 30.5 Å². The normalized spacial score (nSPS) is 28.7. The lowest BCUT2D eigenvalue weighted by Crippen LogP contribution is -2.51. The van der Waals surface area contributed by atoms with E-state index >= 15 is 0 Å². The Kier molecular flexibility index (Phi) is 3.96. The van der Waals surface area contributed by atoms with Crippen molar-refractivity contribution in [3.63, 3.8) is 0 Å². The zero-order valence-electron chi connectivity index (χ0n) is 13.7. The maximum atomic E-state index is 12.7. The highest BCUT2D eigenvalue weighted by molar-refractivity contribution is 5.80. The predicted molar refractivity (Wildman–Crippen MR) is 86.9 cm³/mol. The van der Waals surface area contributed by atoms with Crippen molar-refractivity contribution in [1.29, 1.82) is 0 Å². The largest absolute Gasteiger partial charge is 0.417 e. The Bertz CT molecular complexity index is 678. The third-order valence-electron chi connectivity index (χ3n) is 5.59. The average molecular weight is 351 g/mol. The fourth-order valence-corrected chi connectivity index (χ4v) is 4.20. The lowest BCUT2D eigenvalue weighted by molar-refractivity contribution is -0.138. The molecule has 2 bridgehead atoms. The van der Waals surface area contributed by atoms with Gasteiger partial charge in [0.15, 0.2) is 0 Å². The maximum Gasteiger partial charge on any atom is 0.417 e. The van der Waals surface area contributed by atoms with Crippen molar-refractivity contribution in [2.45, 2.75) is 19.0 Å². The second kappa shape index (κ2) is 6.04. The first-order chi connectivity index (χ1) is 11.9. The van der Waals surface area contributed by atoms with Gasteiger partial charge in [0.2, 0.25) is 5.91 Å². The van der Waals surface area contributed by atoms with Gasteiger partial charge in [0.1, 0.15) is 5.82 Å². The van der Waals surface area contributed by atoms with Crippen LogP contribution in [-0.4, -0.2) is 42.0 Å². The number of hydrogen-bond acceptors (Lipinski definition) is 3. The number of hydrogen-bond donors (Lipinski definition) is 0. The summed E-state index contributed by atoms with van der Waals surface area (Å²) in [7, 11) is 0. The molecule has 1 aromatic heterocycles. The van der Waals surface area contributed by atoms with Crippen LogP contribution in [0.2, 0.25) is 0 Å². The molecule has 0 radical (unpaired) electrons. The standard InChI is InChI=1S/C18H20F3N3O/c19-18(20,21)14-3-4-16(22-11-14)23-5-7-24(8-6-23)17(25)15-10-12-1-2-13(15)9-12/h1-4,11-13,15H,5-10H2/t12-,13-,15+/m0/s1. The van der Waals surface area contributed by atoms with Crippen LogP contribution in [0.1, 0.15) is 18.4 Å². The van der Waals surface area contributed by atoms with Gasteiger partial charge in [0, 0.05) is 38.3 Å². The number of amides is 1. The van der Waals surface area contributed by atoms with Crippen LogP contribution < -0.4 is 4.90 Å². The van der Waals surface area contributed by atoms with Crippen LogP contribution >= 0.6 is 0 Å². The highest BCUT2D eigenvalue weighted by Gasteiger charge is 2.42. The number of fused-ring (bicyclic) bond motifs is 2. The third kappa shape index (κ3) is 3.12. The third-order valence-corrected chi connectivity index (χ3v) is 5.59. The molecule has 2 heterocycles. The monoisotopic (exact) mass is 351 g/mol. The van der Waals surface area contributed by atoms with Gasteiger partial charge in [-0.15, -0.1) is 0 Å². The minimum Gasteiger partial charge on any atom is -0.353 e. The van der Waals surface area contributed by atoms with Crippen LogP contribution in [0.4, 0.5) is 19.0 Å². The van der Waals surface area contributed by atoms with Crippen LogP contribution in [0, 0.1) is 17.8 Å². The molecule has 1 amide bonds. The van der Waals surface area contributed by atoms with Crippen molar-refractivity contribution >= 4 is 11.7 Å². The van der Waals surface area contributed by atoms with E-state index < -0.39 is 11.7 Å². The van der Waals surface area contributed by atoms with Gasteiger partial charge in [-0.1, -0.05) is 12.2 Å². The molecular weight excluding hydrogens is 331 g/mol. The number of carbonyl (C=O) groups excluding carboxylic acids is 1. The molecule has 1 saturated carbocycles. The average Bonchev–Trinajstić information content (AvgIpc) is 3.24. The number of anilines is 1. The summed E-state index contributed by atoms with van der Waals surface area (Å²) in [5.41, 5.74) is -0.741. The molecule has 2 fully saturated rings. The van der Waals surface area contributed by atoms with Gasteiger partial charge in [-0.05, 0) is 36.8 Å². The molecule has 134 valence electrons. The van der Waals surface area contributed by atoms with E-state index in [4.69, 9.17) is 0 Å². The van der Waals surface area contributed by atoms with Gasteiger partial charge in [-0.3, -0.25) is 4.79 Å². The Morgan fingerprint density at radius 1 is 1.08 bits per heavy atom. The summed E-state index contributed by atoms with van der Waals surface area (Å²) < 4.78 is 37.8. The smallest absolute Gasteiger partial charge is 0.353 e. The summed E-state index contributed by atoms with van der Waals surface area (Å²) in [6.07, 6.45) is 2.97. The Hall–Kier alpha value is -2.05. The number of rotatable bonds is 2. The fourth-order valence-electron chi connectivity index (χ4n) is 4.20. The molecule has 25 heavy (non-hydrogen) atoms. The van der Waals surface area contributed by atoms with Crippen molar-refractivity contribution in [3.05, 3.63) is 36.0 Å². The van der Waals surface area contributed by atoms with Crippen molar-refractivity contribution in [2.24, 2.45) is 17.8 Å². The number of pyridine rings is 1. The fraction of sp³-hybridized carbons (Fsp3) is 0.556. The summed E-state index contributed by atoms with van der Waals surface area (Å²) in [6, 6.07) is 2.46. The van der Waals surface area contributed by atoms with Gasteiger partial charge < -0.3 is 9.80 Å². The summed E-state index contributed by atoms with van der Waals surface area (Å²) >= 11 is 0. The molecule has 7 heteroatoms. The SMILES string of the molecule is O=C([C@@H]1C[C@H]2C=C[C@H]1C2)N1CCN(c2ccc(C(F)(F)F)cn2)CC1. The maximum absolute atomic E-state index is 12.7. The Labute approximate surface area is 144 Å². The molecule has 0 N–H and O–H groups in total. The van der Waals surface area contributed by atoms with E-state index in [-0.39, 0.29) is 11.8 Å². The molecule has 4 rings (SSSR count). The van der Waals surface area contributed by atoms with Gasteiger partial charge in [-0.25, -0.2) is 4.98 Å². The van der Waals surface area contributed by atoms with E-state index in [9.17, 15) is 18.0 Å². The van der Waals surface area contributed by atoms with Crippen molar-refractivity contribution in [3.8, 4) is 0 Å². The van der Waals surface area contributed by atoms with E-state index in [1.54, 1.807) is 0 Å². The Morgan fingerprint density at radius 3 is 2.36 bits per heavy atom. The zero-order valence-corrected chi connectivity index (χ0v) is 13.7. The van der Waals surface area contributed by atoms with Crippen LogP contribution in [0.25, 0.3) is 0 Å². The molecule has 3 aliphatic rings. The first kappa shape index (κ1) is 16.4. The van der Waals surface area contributed by atoms with Crippen molar-refractivity contribution in [2.75, 3.05) is 31.1 Å². The molecule has 0 unspecified atom stereocenters. The minimum absolute atomic E-state index is 0.116. The van der Waals surface area contributed by atoms with Gasteiger partial charge >= 0.3 is 6.18 Å². The molecule has 1 aliphatic heterocycles. The van der Waals surface area contributed by atoms with E-state index in [0.717, 1.165) is 25.1 Å². The van der Waals surface area contributed by atoms with E-state index in [0.29, 0.717) is 43.8 Å². The molecule has 0 spiro atoms. The summed E-state index contributed by atoms with van der Waals surface area (Å²) in [5, 5.41) is 0. The second-order valence-corrected chi connectivity index (χ2v) is 7.10. The van der Waals surface area contributed by atoms with Gasteiger partial charge in [-0.2, -0.15) is 13.2 Å². The van der Waals surface area contributed by atoms with Gasteiger partial charge in [0.05, 0.1) is 5.56 Å². The predicted octanol–water partition coefficient (Wildman–Crippen LogP) is 2.96. The highest BCUT2D eigenvalue weighted by Crippen LogP contribution is 2.44. The zero-order chi connectivity index (χ0) is 17.6. The quantitative estimate of drug-likeness (QED) is 0.769. The number of alkyl halides is 3. The van der Waals surface area contributed by atoms with E-state index in [2.05, 4.69) is 17.1 Å². The molecule has 0 aromatic carbocycles. The van der Waals surface area contributed by atoms with Crippen LogP contribution in [0.3, 0.4) is 0 Å². The molecule has 4 nitrogen and oxygen atoms in total. The summed E-state index contributed by atoms with van der Waals surface area (Å²) in [6.45, 7) is 2.39. The van der Waals surface area contributed by atoms with Crippen LogP contribution in [0.5, 0.6) is 0 Å². The molecular formula is C18H20F3N3O. The number of piperazine rings is 1. The molecule has 3 atom stereocenters. The molecule has 1 saturated heterocycles. The number of halogens is 3. The Morgan fingerprint density at radius 2 is 1.84 bits per heavy atom. The summed E-state index contributed by atoms with van der Waals surface area (Å²) in [4.78, 5) is 20.5. The molecule has 1 aromatic rings. The Balaban J connectivity index is 1.35.